The maximum atomic E-state index is 12.7. The van der Waals surface area contributed by atoms with E-state index in [1.54, 1.807) is 12.1 Å². The normalized spacial score (nSPS) is 11.7. The standard InChI is InChI=1S/C15H12ClN3O3S/c1-9-2-4-10(5-3-9)23(21,22)19-7-6-11-13(16)12(14(17)20)8-18-15(11)19/h2-8H,1H3,(H2,17,20). The van der Waals surface area contributed by atoms with Gasteiger partial charge in [0.15, 0.2) is 5.65 Å². The molecule has 8 heteroatoms. The van der Waals surface area contributed by atoms with Crippen LogP contribution in [0.3, 0.4) is 0 Å². The Bertz CT molecular complexity index is 1020. The Labute approximate surface area is 137 Å². The van der Waals surface area contributed by atoms with Crippen LogP contribution in [0.15, 0.2) is 47.6 Å². The Balaban J connectivity index is 2.23. The van der Waals surface area contributed by atoms with E-state index >= 15 is 0 Å². The number of benzene rings is 1. The van der Waals surface area contributed by atoms with Gasteiger partial charge >= 0.3 is 0 Å². The zero-order chi connectivity index (χ0) is 16.8. The number of pyridine rings is 1. The topological polar surface area (TPSA) is 95.0 Å². The summed E-state index contributed by atoms with van der Waals surface area (Å²) in [5, 5.41) is 0.430. The highest BCUT2D eigenvalue weighted by atomic mass is 35.5. The van der Waals surface area contributed by atoms with Crippen molar-refractivity contribution < 1.29 is 13.2 Å². The Morgan fingerprint density at radius 2 is 1.87 bits per heavy atom. The molecular formula is C15H12ClN3O3S. The summed E-state index contributed by atoms with van der Waals surface area (Å²) in [6.45, 7) is 1.87. The zero-order valence-electron chi connectivity index (χ0n) is 12.0. The number of carbonyl (C=O) groups excluding carboxylic acids is 1. The first-order chi connectivity index (χ1) is 10.8. The molecule has 6 nitrogen and oxygen atoms in total. The molecule has 0 bridgehead atoms. The lowest BCUT2D eigenvalue weighted by molar-refractivity contribution is 0.1000. The number of amides is 1. The van der Waals surface area contributed by atoms with E-state index in [4.69, 9.17) is 17.3 Å². The number of nitrogens with two attached hydrogens (primary N) is 1. The lowest BCUT2D eigenvalue weighted by Gasteiger charge is -2.08. The molecule has 2 aromatic heterocycles. The van der Waals surface area contributed by atoms with Gasteiger partial charge in [-0.3, -0.25) is 4.79 Å². The summed E-state index contributed by atoms with van der Waals surface area (Å²) in [7, 11) is -3.81. The number of aryl methyl sites for hydroxylation is 1. The maximum Gasteiger partial charge on any atom is 0.269 e. The molecule has 118 valence electrons. The van der Waals surface area contributed by atoms with E-state index in [-0.39, 0.29) is 21.1 Å². The number of halogens is 1. The average Bonchev–Trinajstić information content (AvgIpc) is 2.93. The van der Waals surface area contributed by atoms with Crippen molar-refractivity contribution in [2.45, 2.75) is 11.8 Å². The van der Waals surface area contributed by atoms with Crippen LogP contribution >= 0.6 is 11.6 Å². The molecule has 0 aliphatic carbocycles. The van der Waals surface area contributed by atoms with E-state index < -0.39 is 15.9 Å². The van der Waals surface area contributed by atoms with Gasteiger partial charge in [-0.15, -0.1) is 0 Å². The average molecular weight is 350 g/mol. The number of nitrogens with zero attached hydrogens (tertiary/aromatic N) is 2. The fourth-order valence-corrected chi connectivity index (χ4v) is 3.81. The maximum absolute atomic E-state index is 12.7. The van der Waals surface area contributed by atoms with Gasteiger partial charge in [0.1, 0.15) is 0 Å². The van der Waals surface area contributed by atoms with E-state index in [1.807, 2.05) is 6.92 Å². The van der Waals surface area contributed by atoms with Gasteiger partial charge in [0.2, 0.25) is 0 Å². The first kappa shape index (κ1) is 15.5. The minimum Gasteiger partial charge on any atom is -0.366 e. The second kappa shape index (κ2) is 5.36. The molecule has 0 atom stereocenters. The van der Waals surface area contributed by atoms with Crippen LogP contribution in [0.25, 0.3) is 11.0 Å². The Morgan fingerprint density at radius 1 is 1.22 bits per heavy atom. The number of aromatic nitrogens is 2. The number of fused-ring (bicyclic) bond motifs is 1. The lowest BCUT2D eigenvalue weighted by Crippen LogP contribution is -2.14. The summed E-state index contributed by atoms with van der Waals surface area (Å²) in [5.74, 6) is -0.724. The third kappa shape index (κ3) is 2.47. The van der Waals surface area contributed by atoms with E-state index in [0.717, 1.165) is 9.54 Å². The molecule has 0 aliphatic heterocycles. The second-order valence-electron chi connectivity index (χ2n) is 5.02. The molecule has 0 aliphatic rings. The quantitative estimate of drug-likeness (QED) is 0.785. The van der Waals surface area contributed by atoms with Gasteiger partial charge < -0.3 is 5.73 Å². The van der Waals surface area contributed by atoms with Crippen molar-refractivity contribution in [1.82, 2.24) is 8.96 Å². The SMILES string of the molecule is Cc1ccc(S(=O)(=O)n2ccc3c(Cl)c(C(N)=O)cnc32)cc1. The minimum absolute atomic E-state index is 0.0460. The predicted octanol–water partition coefficient (Wildman–Crippen LogP) is 2.33. The molecular weight excluding hydrogens is 338 g/mol. The first-order valence-electron chi connectivity index (χ1n) is 6.60. The van der Waals surface area contributed by atoms with Crippen LogP contribution in [0.4, 0.5) is 0 Å². The van der Waals surface area contributed by atoms with Gasteiger partial charge in [0.05, 0.1) is 15.5 Å². The molecule has 0 radical (unpaired) electrons. The van der Waals surface area contributed by atoms with E-state index in [0.29, 0.717) is 5.39 Å². The molecule has 0 saturated heterocycles. The summed E-state index contributed by atoms with van der Waals surface area (Å²) in [4.78, 5) is 15.5. The number of rotatable bonds is 3. The Kier molecular flexibility index (Phi) is 3.62. The monoisotopic (exact) mass is 349 g/mol. The van der Waals surface area contributed by atoms with Crippen molar-refractivity contribution in [3.8, 4) is 0 Å². The van der Waals surface area contributed by atoms with Crippen molar-refractivity contribution in [3.05, 3.63) is 58.9 Å². The van der Waals surface area contributed by atoms with Crippen molar-refractivity contribution in [1.29, 1.82) is 0 Å². The van der Waals surface area contributed by atoms with Gasteiger partial charge in [0.25, 0.3) is 15.9 Å². The van der Waals surface area contributed by atoms with Crippen molar-refractivity contribution in [2.75, 3.05) is 0 Å². The van der Waals surface area contributed by atoms with Gasteiger partial charge in [-0.2, -0.15) is 0 Å². The van der Waals surface area contributed by atoms with Crippen LogP contribution in [0.2, 0.25) is 5.02 Å². The number of hydrogen-bond acceptors (Lipinski definition) is 4. The molecule has 0 unspecified atom stereocenters. The van der Waals surface area contributed by atoms with Gasteiger partial charge in [-0.25, -0.2) is 17.4 Å². The van der Waals surface area contributed by atoms with Crippen LogP contribution in [-0.2, 0) is 10.0 Å². The summed E-state index contributed by atoms with van der Waals surface area (Å²) >= 11 is 6.12. The minimum atomic E-state index is -3.81. The fraction of sp³-hybridized carbons (Fsp3) is 0.0667. The van der Waals surface area contributed by atoms with Crippen molar-refractivity contribution in [3.63, 3.8) is 0 Å². The van der Waals surface area contributed by atoms with Crippen LogP contribution in [0.5, 0.6) is 0 Å². The third-order valence-electron chi connectivity index (χ3n) is 3.46. The first-order valence-corrected chi connectivity index (χ1v) is 8.42. The number of primary amides is 1. The molecule has 23 heavy (non-hydrogen) atoms. The number of carbonyl (C=O) groups is 1. The fourth-order valence-electron chi connectivity index (χ4n) is 2.22. The summed E-state index contributed by atoms with van der Waals surface area (Å²) in [6.07, 6.45) is 2.53. The van der Waals surface area contributed by atoms with Gasteiger partial charge in [-0.1, -0.05) is 29.3 Å². The molecule has 0 spiro atoms. The summed E-state index contributed by atoms with van der Waals surface area (Å²) in [5.41, 5.74) is 6.35. The lowest BCUT2D eigenvalue weighted by atomic mass is 10.2. The van der Waals surface area contributed by atoms with Gasteiger partial charge in [-0.05, 0) is 25.1 Å². The Morgan fingerprint density at radius 3 is 2.48 bits per heavy atom. The molecule has 2 N–H and O–H groups in total. The molecule has 0 saturated carbocycles. The molecule has 0 fully saturated rings. The second-order valence-corrected chi connectivity index (χ2v) is 7.21. The van der Waals surface area contributed by atoms with E-state index in [9.17, 15) is 13.2 Å². The highest BCUT2D eigenvalue weighted by Crippen LogP contribution is 2.28. The molecule has 3 aromatic rings. The molecule has 2 heterocycles. The van der Waals surface area contributed by atoms with Crippen molar-refractivity contribution >= 4 is 38.6 Å². The number of hydrogen-bond donors (Lipinski definition) is 1. The van der Waals surface area contributed by atoms with Crippen LogP contribution in [0, 0.1) is 6.92 Å². The van der Waals surface area contributed by atoms with Gasteiger partial charge in [0, 0.05) is 17.8 Å². The van der Waals surface area contributed by atoms with Crippen LogP contribution in [-0.4, -0.2) is 23.3 Å². The zero-order valence-corrected chi connectivity index (χ0v) is 13.6. The third-order valence-corrected chi connectivity index (χ3v) is 5.55. The van der Waals surface area contributed by atoms with E-state index in [2.05, 4.69) is 4.98 Å². The largest absolute Gasteiger partial charge is 0.366 e. The molecule has 1 aromatic carbocycles. The van der Waals surface area contributed by atoms with E-state index in [1.165, 1.54) is 30.6 Å². The van der Waals surface area contributed by atoms with Crippen LogP contribution < -0.4 is 5.73 Å². The molecule has 1 amide bonds. The van der Waals surface area contributed by atoms with Crippen LogP contribution in [0.1, 0.15) is 15.9 Å². The highest BCUT2D eigenvalue weighted by Gasteiger charge is 2.22. The predicted molar refractivity (Wildman–Crippen MR) is 87.0 cm³/mol. The molecule has 3 rings (SSSR count). The summed E-state index contributed by atoms with van der Waals surface area (Å²) in [6, 6.07) is 7.96. The van der Waals surface area contributed by atoms with Crippen molar-refractivity contribution in [2.24, 2.45) is 5.73 Å². The smallest absolute Gasteiger partial charge is 0.269 e. The highest BCUT2D eigenvalue weighted by molar-refractivity contribution is 7.90. The summed E-state index contributed by atoms with van der Waals surface area (Å²) < 4.78 is 26.5. The Hall–Kier alpha value is -2.38.